The van der Waals surface area contributed by atoms with Crippen LogP contribution in [0.2, 0.25) is 0 Å². The summed E-state index contributed by atoms with van der Waals surface area (Å²) >= 11 is 0. The molecule has 0 aromatic carbocycles. The minimum absolute atomic E-state index is 0.528. The van der Waals surface area contributed by atoms with Gasteiger partial charge in [0.2, 0.25) is 5.88 Å². The Kier molecular flexibility index (Phi) is 6.24. The molecule has 1 saturated heterocycles. The Morgan fingerprint density at radius 2 is 2.00 bits per heavy atom. The first-order chi connectivity index (χ1) is 12.8. The van der Waals surface area contributed by atoms with Crippen molar-refractivity contribution in [1.82, 2.24) is 20.2 Å². The first-order valence-corrected chi connectivity index (χ1v) is 8.99. The zero-order valence-electron chi connectivity index (χ0n) is 15.4. The summed E-state index contributed by atoms with van der Waals surface area (Å²) in [5, 5.41) is 3.39. The van der Waals surface area contributed by atoms with Gasteiger partial charge in [-0.05, 0) is 25.1 Å². The van der Waals surface area contributed by atoms with Crippen LogP contribution in [-0.4, -0.2) is 60.7 Å². The summed E-state index contributed by atoms with van der Waals surface area (Å²) in [6.45, 7) is 7.13. The highest BCUT2D eigenvalue weighted by atomic mass is 16.5. The van der Waals surface area contributed by atoms with Crippen molar-refractivity contribution in [3.05, 3.63) is 48.3 Å². The number of piperazine rings is 1. The van der Waals surface area contributed by atoms with Crippen LogP contribution in [0.25, 0.3) is 0 Å². The number of nitrogens with zero attached hydrogens (tertiary/aromatic N) is 5. The zero-order chi connectivity index (χ0) is 18.2. The van der Waals surface area contributed by atoms with E-state index in [1.54, 1.807) is 7.11 Å². The summed E-state index contributed by atoms with van der Waals surface area (Å²) in [5.74, 6) is 2.58. The van der Waals surface area contributed by atoms with Gasteiger partial charge in [0.15, 0.2) is 5.96 Å². The van der Waals surface area contributed by atoms with Crippen molar-refractivity contribution in [2.45, 2.75) is 13.5 Å². The lowest BCUT2D eigenvalue weighted by Crippen LogP contribution is -2.52. The van der Waals surface area contributed by atoms with Crippen molar-refractivity contribution >= 4 is 11.8 Å². The standard InChI is InChI=1S/C19H26N6O/c1-3-20-19(22-15-16-7-6-9-18(23-16)26-2)25-13-11-24(12-14-25)17-8-4-5-10-21-17/h4-10H,3,11-15H2,1-2H3,(H,20,22). The van der Waals surface area contributed by atoms with Gasteiger partial charge in [-0.2, -0.15) is 0 Å². The van der Waals surface area contributed by atoms with Gasteiger partial charge in [-0.3, -0.25) is 0 Å². The van der Waals surface area contributed by atoms with Crippen molar-refractivity contribution in [3.8, 4) is 5.88 Å². The third-order valence-corrected chi connectivity index (χ3v) is 4.27. The molecular weight excluding hydrogens is 328 g/mol. The molecule has 1 aliphatic heterocycles. The molecule has 0 aliphatic carbocycles. The number of hydrogen-bond donors (Lipinski definition) is 1. The van der Waals surface area contributed by atoms with Gasteiger partial charge in [0.25, 0.3) is 0 Å². The lowest BCUT2D eigenvalue weighted by molar-refractivity contribution is 0.371. The van der Waals surface area contributed by atoms with Crippen LogP contribution in [0.15, 0.2) is 47.6 Å². The van der Waals surface area contributed by atoms with E-state index >= 15 is 0 Å². The van der Waals surface area contributed by atoms with Crippen LogP contribution in [0.1, 0.15) is 12.6 Å². The van der Waals surface area contributed by atoms with E-state index in [-0.39, 0.29) is 0 Å². The van der Waals surface area contributed by atoms with Gasteiger partial charge in [0, 0.05) is 45.0 Å². The van der Waals surface area contributed by atoms with E-state index in [4.69, 9.17) is 9.73 Å². The van der Waals surface area contributed by atoms with E-state index in [9.17, 15) is 0 Å². The van der Waals surface area contributed by atoms with Crippen molar-refractivity contribution in [1.29, 1.82) is 0 Å². The lowest BCUT2D eigenvalue weighted by Gasteiger charge is -2.37. The van der Waals surface area contributed by atoms with Gasteiger partial charge in [-0.1, -0.05) is 12.1 Å². The fraction of sp³-hybridized carbons (Fsp3) is 0.421. The maximum absolute atomic E-state index is 5.18. The summed E-state index contributed by atoms with van der Waals surface area (Å²) in [4.78, 5) is 18.2. The van der Waals surface area contributed by atoms with Crippen molar-refractivity contribution < 1.29 is 4.74 Å². The molecule has 1 aliphatic rings. The lowest BCUT2D eigenvalue weighted by atomic mass is 10.3. The molecule has 0 saturated carbocycles. The number of ether oxygens (including phenoxy) is 1. The highest BCUT2D eigenvalue weighted by molar-refractivity contribution is 5.80. The number of hydrogen-bond acceptors (Lipinski definition) is 5. The van der Waals surface area contributed by atoms with E-state index in [2.05, 4.69) is 38.1 Å². The molecule has 0 spiro atoms. The highest BCUT2D eigenvalue weighted by Gasteiger charge is 2.20. The minimum atomic E-state index is 0.528. The van der Waals surface area contributed by atoms with E-state index in [1.807, 2.05) is 36.5 Å². The summed E-state index contributed by atoms with van der Waals surface area (Å²) in [5.41, 5.74) is 0.895. The summed E-state index contributed by atoms with van der Waals surface area (Å²) in [7, 11) is 1.63. The number of methoxy groups -OCH3 is 1. The molecule has 2 aromatic rings. The molecule has 26 heavy (non-hydrogen) atoms. The Morgan fingerprint density at radius 3 is 2.69 bits per heavy atom. The van der Waals surface area contributed by atoms with Crippen LogP contribution in [-0.2, 0) is 6.54 Å². The largest absolute Gasteiger partial charge is 0.481 e. The minimum Gasteiger partial charge on any atom is -0.481 e. The van der Waals surface area contributed by atoms with Crippen LogP contribution in [0.3, 0.4) is 0 Å². The van der Waals surface area contributed by atoms with Gasteiger partial charge in [0.05, 0.1) is 19.3 Å². The molecule has 0 unspecified atom stereocenters. The number of guanidine groups is 1. The molecule has 3 rings (SSSR count). The number of aromatic nitrogens is 2. The number of anilines is 1. The van der Waals surface area contributed by atoms with Crippen LogP contribution >= 0.6 is 0 Å². The Labute approximate surface area is 154 Å². The average Bonchev–Trinajstić information content (AvgIpc) is 2.72. The number of rotatable bonds is 5. The topological polar surface area (TPSA) is 65.9 Å². The summed E-state index contributed by atoms with van der Waals surface area (Å²) in [6, 6.07) is 11.8. The highest BCUT2D eigenvalue weighted by Crippen LogP contribution is 2.13. The SMILES string of the molecule is CCNC(=NCc1cccc(OC)n1)N1CCN(c2ccccn2)CC1. The van der Waals surface area contributed by atoms with E-state index in [0.29, 0.717) is 12.4 Å². The Morgan fingerprint density at radius 1 is 1.15 bits per heavy atom. The van der Waals surface area contributed by atoms with Crippen LogP contribution in [0.5, 0.6) is 5.88 Å². The summed E-state index contributed by atoms with van der Waals surface area (Å²) < 4.78 is 5.18. The van der Waals surface area contributed by atoms with Crippen LogP contribution in [0.4, 0.5) is 5.82 Å². The maximum Gasteiger partial charge on any atom is 0.213 e. The first-order valence-electron chi connectivity index (χ1n) is 8.99. The van der Waals surface area contributed by atoms with Crippen molar-refractivity contribution in [2.24, 2.45) is 4.99 Å². The number of nitrogens with one attached hydrogen (secondary N) is 1. The van der Waals surface area contributed by atoms with Crippen molar-refractivity contribution in [3.63, 3.8) is 0 Å². The molecule has 0 radical (unpaired) electrons. The fourth-order valence-corrected chi connectivity index (χ4v) is 2.93. The molecule has 0 amide bonds. The Hall–Kier alpha value is -2.83. The van der Waals surface area contributed by atoms with Gasteiger partial charge in [-0.25, -0.2) is 15.0 Å². The smallest absolute Gasteiger partial charge is 0.213 e. The predicted octanol–water partition coefficient (Wildman–Crippen LogP) is 1.77. The molecule has 1 fully saturated rings. The molecule has 0 atom stereocenters. The third-order valence-electron chi connectivity index (χ3n) is 4.27. The maximum atomic E-state index is 5.18. The quantitative estimate of drug-likeness (QED) is 0.652. The molecule has 138 valence electrons. The average molecular weight is 354 g/mol. The van der Waals surface area contributed by atoms with E-state index in [0.717, 1.165) is 50.2 Å². The Bertz CT molecular complexity index is 713. The number of pyridine rings is 2. The Balaban J connectivity index is 1.62. The second-order valence-electron chi connectivity index (χ2n) is 6.00. The van der Waals surface area contributed by atoms with E-state index < -0.39 is 0 Å². The molecule has 2 aromatic heterocycles. The molecule has 3 heterocycles. The first kappa shape index (κ1) is 18.0. The molecule has 0 bridgehead atoms. The second-order valence-corrected chi connectivity index (χ2v) is 6.00. The second kappa shape index (κ2) is 9.03. The molecule has 1 N–H and O–H groups in total. The van der Waals surface area contributed by atoms with Gasteiger partial charge in [0.1, 0.15) is 5.82 Å². The number of aliphatic imine (C=N–C) groups is 1. The van der Waals surface area contributed by atoms with Gasteiger partial charge < -0.3 is 19.9 Å². The fourth-order valence-electron chi connectivity index (χ4n) is 2.93. The van der Waals surface area contributed by atoms with E-state index in [1.165, 1.54) is 0 Å². The monoisotopic (exact) mass is 354 g/mol. The zero-order valence-corrected chi connectivity index (χ0v) is 15.4. The van der Waals surface area contributed by atoms with Crippen molar-refractivity contribution in [2.75, 3.05) is 44.7 Å². The normalized spacial score (nSPS) is 15.1. The van der Waals surface area contributed by atoms with Crippen LogP contribution in [0, 0.1) is 0 Å². The van der Waals surface area contributed by atoms with Crippen LogP contribution < -0.4 is 15.0 Å². The van der Waals surface area contributed by atoms with Gasteiger partial charge >= 0.3 is 0 Å². The predicted molar refractivity (Wildman–Crippen MR) is 104 cm³/mol. The van der Waals surface area contributed by atoms with Gasteiger partial charge in [-0.15, -0.1) is 0 Å². The third kappa shape index (κ3) is 4.62. The molecule has 7 nitrogen and oxygen atoms in total. The molecule has 7 heteroatoms. The summed E-state index contributed by atoms with van der Waals surface area (Å²) in [6.07, 6.45) is 1.84. The molecular formula is C19H26N6O.